The number of ether oxygens (including phenoxy) is 1. The molecular weight excluding hydrogens is 390 g/mol. The lowest BCUT2D eigenvalue weighted by atomic mass is 10.1. The van der Waals surface area contributed by atoms with Crippen molar-refractivity contribution in [3.05, 3.63) is 53.1 Å². The molecule has 0 unspecified atom stereocenters. The van der Waals surface area contributed by atoms with Crippen LogP contribution in [0.5, 0.6) is 5.75 Å². The molecule has 1 saturated heterocycles. The summed E-state index contributed by atoms with van der Waals surface area (Å²) >= 11 is 6.17. The van der Waals surface area contributed by atoms with E-state index in [2.05, 4.69) is 17.1 Å². The zero-order valence-electron chi connectivity index (χ0n) is 16.8. The predicted molar refractivity (Wildman–Crippen MR) is 115 cm³/mol. The van der Waals surface area contributed by atoms with E-state index < -0.39 is 0 Å². The molecule has 0 spiro atoms. The second-order valence-electron chi connectivity index (χ2n) is 7.17. The van der Waals surface area contributed by atoms with Crippen LogP contribution in [0.4, 0.5) is 11.4 Å². The van der Waals surface area contributed by atoms with E-state index in [0.29, 0.717) is 22.0 Å². The van der Waals surface area contributed by atoms with Crippen LogP contribution in [-0.2, 0) is 4.79 Å². The molecule has 6 nitrogen and oxygen atoms in total. The van der Waals surface area contributed by atoms with Gasteiger partial charge in [-0.05, 0) is 44.2 Å². The van der Waals surface area contributed by atoms with Gasteiger partial charge in [0.15, 0.2) is 12.4 Å². The standard InChI is InChI=1S/C22H26ClN3O3/c1-3-25-9-11-26(12-10-25)21-8-7-18(23)14-20(21)24-22(28)15-29-19-6-4-5-17(13-19)16(2)27/h4-8,13-14H,3,9-12,15H2,1-2H3,(H,24,28)/p+1. The first kappa shape index (κ1) is 21.1. The molecule has 29 heavy (non-hydrogen) atoms. The van der Waals surface area contributed by atoms with E-state index in [-0.39, 0.29) is 18.3 Å². The average Bonchev–Trinajstić information content (AvgIpc) is 2.73. The van der Waals surface area contributed by atoms with Gasteiger partial charge in [-0.1, -0.05) is 23.7 Å². The maximum absolute atomic E-state index is 12.5. The van der Waals surface area contributed by atoms with Crippen LogP contribution in [-0.4, -0.2) is 51.0 Å². The number of rotatable bonds is 7. The Kier molecular flexibility index (Phi) is 7.12. The molecule has 2 aromatic rings. The van der Waals surface area contributed by atoms with Crippen molar-refractivity contribution in [1.29, 1.82) is 0 Å². The summed E-state index contributed by atoms with van der Waals surface area (Å²) in [6.07, 6.45) is 0. The normalized spacial score (nSPS) is 14.5. The monoisotopic (exact) mass is 416 g/mol. The molecular formula is C22H27ClN3O3+. The molecule has 0 bridgehead atoms. The molecule has 2 N–H and O–H groups in total. The molecule has 1 amide bonds. The fourth-order valence-electron chi connectivity index (χ4n) is 3.44. The van der Waals surface area contributed by atoms with Gasteiger partial charge in [0.05, 0.1) is 44.1 Å². The molecule has 7 heteroatoms. The Morgan fingerprint density at radius 3 is 2.62 bits per heavy atom. The van der Waals surface area contributed by atoms with Crippen LogP contribution >= 0.6 is 11.6 Å². The lowest BCUT2D eigenvalue weighted by Gasteiger charge is -2.34. The van der Waals surface area contributed by atoms with E-state index >= 15 is 0 Å². The summed E-state index contributed by atoms with van der Waals surface area (Å²) < 4.78 is 5.56. The number of amides is 1. The number of anilines is 2. The van der Waals surface area contributed by atoms with Crippen LogP contribution in [0.2, 0.25) is 5.02 Å². The predicted octanol–water partition coefficient (Wildman–Crippen LogP) is 2.28. The van der Waals surface area contributed by atoms with Crippen LogP contribution in [0.15, 0.2) is 42.5 Å². The third-order valence-corrected chi connectivity index (χ3v) is 5.39. The maximum atomic E-state index is 12.5. The number of ketones is 1. The van der Waals surface area contributed by atoms with Gasteiger partial charge in [0.2, 0.25) is 0 Å². The number of quaternary nitrogens is 1. The fourth-order valence-corrected chi connectivity index (χ4v) is 3.61. The quantitative estimate of drug-likeness (QED) is 0.680. The van der Waals surface area contributed by atoms with Gasteiger partial charge in [-0.25, -0.2) is 0 Å². The molecule has 0 radical (unpaired) electrons. The minimum Gasteiger partial charge on any atom is -0.484 e. The van der Waals surface area contributed by atoms with Crippen molar-refractivity contribution >= 4 is 34.7 Å². The molecule has 0 aromatic heterocycles. The highest BCUT2D eigenvalue weighted by atomic mass is 35.5. The van der Waals surface area contributed by atoms with Crippen LogP contribution in [0.25, 0.3) is 0 Å². The fraction of sp³-hybridized carbons (Fsp3) is 0.364. The topological polar surface area (TPSA) is 63.1 Å². The van der Waals surface area contributed by atoms with Gasteiger partial charge in [-0.2, -0.15) is 0 Å². The summed E-state index contributed by atoms with van der Waals surface area (Å²) in [6.45, 7) is 8.68. The minimum atomic E-state index is -0.278. The highest BCUT2D eigenvalue weighted by molar-refractivity contribution is 6.31. The van der Waals surface area contributed by atoms with E-state index in [4.69, 9.17) is 16.3 Å². The van der Waals surface area contributed by atoms with Crippen molar-refractivity contribution in [3.63, 3.8) is 0 Å². The summed E-state index contributed by atoms with van der Waals surface area (Å²) in [7, 11) is 0. The Labute approximate surface area is 176 Å². The van der Waals surface area contributed by atoms with E-state index in [9.17, 15) is 9.59 Å². The Balaban J connectivity index is 1.65. The number of nitrogens with zero attached hydrogens (tertiary/aromatic N) is 1. The van der Waals surface area contributed by atoms with Gasteiger partial charge in [0, 0.05) is 10.6 Å². The third kappa shape index (κ3) is 5.71. The summed E-state index contributed by atoms with van der Waals surface area (Å²) in [5, 5.41) is 3.48. The number of hydrogen-bond donors (Lipinski definition) is 2. The number of carbonyl (C=O) groups is 2. The Bertz CT molecular complexity index is 879. The second-order valence-corrected chi connectivity index (χ2v) is 7.61. The summed E-state index contributed by atoms with van der Waals surface area (Å²) in [4.78, 5) is 27.8. The molecule has 2 aromatic carbocycles. The number of Topliss-reactive ketones (excluding diaryl/α,β-unsaturated/α-hetero) is 1. The largest absolute Gasteiger partial charge is 0.484 e. The van der Waals surface area contributed by atoms with Crippen LogP contribution < -0.4 is 19.9 Å². The molecule has 1 fully saturated rings. The summed E-state index contributed by atoms with van der Waals surface area (Å²) in [5.41, 5.74) is 2.20. The smallest absolute Gasteiger partial charge is 0.262 e. The average molecular weight is 417 g/mol. The first-order valence-corrected chi connectivity index (χ1v) is 10.3. The van der Waals surface area contributed by atoms with Gasteiger partial charge >= 0.3 is 0 Å². The Morgan fingerprint density at radius 1 is 1.17 bits per heavy atom. The van der Waals surface area contributed by atoms with E-state index in [1.54, 1.807) is 35.2 Å². The molecule has 0 saturated carbocycles. The van der Waals surface area contributed by atoms with E-state index in [1.165, 1.54) is 6.92 Å². The molecule has 0 atom stereocenters. The highest BCUT2D eigenvalue weighted by Crippen LogP contribution is 2.29. The third-order valence-electron chi connectivity index (χ3n) is 5.15. The number of benzene rings is 2. The first-order valence-electron chi connectivity index (χ1n) is 9.88. The van der Waals surface area contributed by atoms with Crippen molar-refractivity contribution in [1.82, 2.24) is 0 Å². The van der Waals surface area contributed by atoms with Crippen molar-refractivity contribution in [2.75, 3.05) is 49.5 Å². The number of carbonyl (C=O) groups excluding carboxylic acids is 2. The Morgan fingerprint density at radius 2 is 1.93 bits per heavy atom. The number of piperazine rings is 1. The zero-order valence-corrected chi connectivity index (χ0v) is 17.6. The molecule has 154 valence electrons. The number of halogens is 1. The van der Waals surface area contributed by atoms with Gasteiger partial charge in [-0.15, -0.1) is 0 Å². The van der Waals surface area contributed by atoms with Crippen LogP contribution in [0, 0.1) is 0 Å². The number of nitrogens with one attached hydrogen (secondary N) is 2. The Hall–Kier alpha value is -2.57. The lowest BCUT2D eigenvalue weighted by molar-refractivity contribution is -0.898. The lowest BCUT2D eigenvalue weighted by Crippen LogP contribution is -3.14. The maximum Gasteiger partial charge on any atom is 0.262 e. The van der Waals surface area contributed by atoms with Gasteiger partial charge in [0.1, 0.15) is 5.75 Å². The molecule has 1 aliphatic heterocycles. The van der Waals surface area contributed by atoms with Crippen molar-refractivity contribution in [2.24, 2.45) is 0 Å². The van der Waals surface area contributed by atoms with Crippen molar-refractivity contribution in [2.45, 2.75) is 13.8 Å². The number of hydrogen-bond acceptors (Lipinski definition) is 4. The molecule has 1 heterocycles. The first-order chi connectivity index (χ1) is 14.0. The number of likely N-dealkylation sites (N-methyl/N-ethyl adjacent to an activating group) is 1. The van der Waals surface area contributed by atoms with Gasteiger partial charge in [-0.3, -0.25) is 9.59 Å². The van der Waals surface area contributed by atoms with Crippen LogP contribution in [0.1, 0.15) is 24.2 Å². The highest BCUT2D eigenvalue weighted by Gasteiger charge is 2.21. The SMILES string of the molecule is CC[NH+]1CCN(c2ccc(Cl)cc2NC(=O)COc2cccc(C(C)=O)c2)CC1. The van der Waals surface area contributed by atoms with Crippen molar-refractivity contribution < 1.29 is 19.2 Å². The summed E-state index contributed by atoms with van der Waals surface area (Å²) in [6, 6.07) is 12.4. The zero-order chi connectivity index (χ0) is 20.8. The van der Waals surface area contributed by atoms with Crippen LogP contribution in [0.3, 0.4) is 0 Å². The minimum absolute atomic E-state index is 0.0477. The summed E-state index contributed by atoms with van der Waals surface area (Å²) in [5.74, 6) is 0.158. The van der Waals surface area contributed by atoms with Gasteiger partial charge < -0.3 is 19.9 Å². The molecule has 1 aliphatic rings. The second kappa shape index (κ2) is 9.76. The molecule has 3 rings (SSSR count). The van der Waals surface area contributed by atoms with Crippen molar-refractivity contribution in [3.8, 4) is 5.75 Å². The molecule has 0 aliphatic carbocycles. The van der Waals surface area contributed by atoms with E-state index in [0.717, 1.165) is 38.4 Å². The van der Waals surface area contributed by atoms with E-state index in [1.807, 2.05) is 12.1 Å². The van der Waals surface area contributed by atoms with Gasteiger partial charge in [0.25, 0.3) is 5.91 Å².